The van der Waals surface area contributed by atoms with E-state index in [1.54, 1.807) is 12.4 Å². The van der Waals surface area contributed by atoms with Crippen molar-refractivity contribution < 1.29 is 14.6 Å². The standard InChI is InChI=1S/C22H24N4O3/c1-15-17(11-16-3-5-19(6-4-16)26-9-2-8-24-26)12-18(13-23-15)22(28)25-20-7-10-29-14-21(20)27/h2-6,8-9,12-13,20-21,27H,7,10-11,14H2,1H3,(H,25,28)/t20-,21-/m0/s1. The number of pyridine rings is 1. The van der Waals surface area contributed by atoms with E-state index in [0.717, 1.165) is 22.5 Å². The van der Waals surface area contributed by atoms with Gasteiger partial charge < -0.3 is 15.2 Å². The predicted octanol–water partition coefficient (Wildman–Crippen LogP) is 2.05. The average molecular weight is 392 g/mol. The minimum Gasteiger partial charge on any atom is -0.389 e. The molecule has 0 saturated carbocycles. The third-order valence-corrected chi connectivity index (χ3v) is 5.20. The number of hydrogen-bond acceptors (Lipinski definition) is 5. The van der Waals surface area contributed by atoms with Crippen molar-refractivity contribution in [3.8, 4) is 5.69 Å². The summed E-state index contributed by atoms with van der Waals surface area (Å²) in [6, 6.07) is 11.6. The van der Waals surface area contributed by atoms with Crippen molar-refractivity contribution in [2.45, 2.75) is 31.9 Å². The van der Waals surface area contributed by atoms with Gasteiger partial charge in [0, 0.05) is 30.9 Å². The lowest BCUT2D eigenvalue weighted by atomic mass is 10.0. The molecule has 0 unspecified atom stereocenters. The zero-order valence-electron chi connectivity index (χ0n) is 16.3. The molecule has 1 aliphatic heterocycles. The Labute approximate surface area is 169 Å². The highest BCUT2D eigenvalue weighted by Crippen LogP contribution is 2.17. The molecule has 29 heavy (non-hydrogen) atoms. The van der Waals surface area contributed by atoms with Crippen LogP contribution in [0.2, 0.25) is 0 Å². The van der Waals surface area contributed by atoms with Crippen molar-refractivity contribution in [2.75, 3.05) is 13.2 Å². The molecule has 2 N–H and O–H groups in total. The molecule has 1 aliphatic rings. The summed E-state index contributed by atoms with van der Waals surface area (Å²) in [5, 5.41) is 17.1. The number of amides is 1. The number of hydrogen-bond donors (Lipinski definition) is 2. The summed E-state index contributed by atoms with van der Waals surface area (Å²) in [6.45, 7) is 2.72. The van der Waals surface area contributed by atoms with E-state index in [9.17, 15) is 9.90 Å². The van der Waals surface area contributed by atoms with Crippen LogP contribution in [-0.2, 0) is 11.2 Å². The van der Waals surface area contributed by atoms with Crippen LogP contribution in [0.4, 0.5) is 0 Å². The molecule has 7 nitrogen and oxygen atoms in total. The van der Waals surface area contributed by atoms with Gasteiger partial charge in [-0.25, -0.2) is 4.68 Å². The van der Waals surface area contributed by atoms with Gasteiger partial charge in [-0.05, 0) is 55.2 Å². The van der Waals surface area contributed by atoms with Crippen molar-refractivity contribution in [2.24, 2.45) is 0 Å². The highest BCUT2D eigenvalue weighted by molar-refractivity contribution is 5.94. The summed E-state index contributed by atoms with van der Waals surface area (Å²) in [7, 11) is 0. The Kier molecular flexibility index (Phi) is 5.69. The first-order valence-electron chi connectivity index (χ1n) is 9.71. The van der Waals surface area contributed by atoms with Crippen LogP contribution in [0, 0.1) is 6.92 Å². The summed E-state index contributed by atoms with van der Waals surface area (Å²) < 4.78 is 7.03. The maximum atomic E-state index is 12.6. The second-order valence-corrected chi connectivity index (χ2v) is 7.27. The minimum atomic E-state index is -0.682. The third-order valence-electron chi connectivity index (χ3n) is 5.20. The molecule has 3 aromatic rings. The van der Waals surface area contributed by atoms with Gasteiger partial charge in [0.2, 0.25) is 0 Å². The molecule has 7 heteroatoms. The minimum absolute atomic E-state index is 0.223. The number of ether oxygens (including phenoxy) is 1. The van der Waals surface area contributed by atoms with Gasteiger partial charge in [-0.15, -0.1) is 0 Å². The van der Waals surface area contributed by atoms with Crippen LogP contribution in [0.5, 0.6) is 0 Å². The molecule has 0 aliphatic carbocycles. The van der Waals surface area contributed by atoms with Gasteiger partial charge in [-0.2, -0.15) is 5.10 Å². The molecule has 0 spiro atoms. The van der Waals surface area contributed by atoms with Crippen LogP contribution in [-0.4, -0.2) is 51.1 Å². The fraction of sp³-hybridized carbons (Fsp3) is 0.318. The first kappa shape index (κ1) is 19.3. The zero-order chi connectivity index (χ0) is 20.2. The Morgan fingerprint density at radius 3 is 2.90 bits per heavy atom. The molecule has 1 saturated heterocycles. The smallest absolute Gasteiger partial charge is 0.253 e. The molecule has 3 heterocycles. The van der Waals surface area contributed by atoms with E-state index in [-0.39, 0.29) is 18.6 Å². The monoisotopic (exact) mass is 392 g/mol. The largest absolute Gasteiger partial charge is 0.389 e. The van der Waals surface area contributed by atoms with E-state index in [4.69, 9.17) is 4.74 Å². The Morgan fingerprint density at radius 2 is 2.17 bits per heavy atom. The highest BCUT2D eigenvalue weighted by Gasteiger charge is 2.25. The van der Waals surface area contributed by atoms with E-state index < -0.39 is 6.10 Å². The van der Waals surface area contributed by atoms with E-state index in [1.807, 2.05) is 42.1 Å². The second kappa shape index (κ2) is 8.55. The molecule has 2 aromatic heterocycles. The lowest BCUT2D eigenvalue weighted by Crippen LogP contribution is -2.48. The Balaban J connectivity index is 1.47. The Hall–Kier alpha value is -3.03. The van der Waals surface area contributed by atoms with Crippen LogP contribution >= 0.6 is 0 Å². The van der Waals surface area contributed by atoms with Crippen molar-refractivity contribution in [1.29, 1.82) is 0 Å². The van der Waals surface area contributed by atoms with Crippen LogP contribution < -0.4 is 5.32 Å². The fourth-order valence-electron chi connectivity index (χ4n) is 3.43. The number of carbonyl (C=O) groups is 1. The van der Waals surface area contributed by atoms with E-state index in [0.29, 0.717) is 25.0 Å². The number of aliphatic hydroxyl groups excluding tert-OH is 1. The topological polar surface area (TPSA) is 89.3 Å². The normalized spacial score (nSPS) is 19.1. The van der Waals surface area contributed by atoms with E-state index in [2.05, 4.69) is 27.5 Å². The number of carbonyl (C=O) groups excluding carboxylic acids is 1. The number of benzene rings is 1. The molecule has 0 bridgehead atoms. The van der Waals surface area contributed by atoms with Gasteiger partial charge in [0.05, 0.1) is 30.0 Å². The quantitative estimate of drug-likeness (QED) is 0.694. The van der Waals surface area contributed by atoms with Gasteiger partial charge in [0.15, 0.2) is 0 Å². The van der Waals surface area contributed by atoms with Crippen molar-refractivity contribution in [3.05, 3.63) is 77.4 Å². The first-order chi connectivity index (χ1) is 14.1. The Bertz CT molecular complexity index is 970. The molecule has 4 rings (SSSR count). The maximum Gasteiger partial charge on any atom is 0.253 e. The summed E-state index contributed by atoms with van der Waals surface area (Å²) in [4.78, 5) is 17.0. The van der Waals surface area contributed by atoms with Gasteiger partial charge in [0.25, 0.3) is 5.91 Å². The highest BCUT2D eigenvalue weighted by atomic mass is 16.5. The molecule has 150 valence electrons. The average Bonchev–Trinajstić information content (AvgIpc) is 3.27. The number of aromatic nitrogens is 3. The summed E-state index contributed by atoms with van der Waals surface area (Å²) >= 11 is 0. The van der Waals surface area contributed by atoms with Crippen LogP contribution in [0.1, 0.15) is 33.6 Å². The lowest BCUT2D eigenvalue weighted by molar-refractivity contribution is -0.0260. The van der Waals surface area contributed by atoms with Gasteiger partial charge in [-0.3, -0.25) is 9.78 Å². The maximum absolute atomic E-state index is 12.6. The first-order valence-corrected chi connectivity index (χ1v) is 9.71. The molecular formula is C22H24N4O3. The number of nitrogens with zero attached hydrogens (tertiary/aromatic N) is 3. The number of aliphatic hydroxyl groups is 1. The molecule has 2 atom stereocenters. The predicted molar refractivity (Wildman–Crippen MR) is 108 cm³/mol. The van der Waals surface area contributed by atoms with Gasteiger partial charge in [0.1, 0.15) is 0 Å². The van der Waals surface area contributed by atoms with Crippen LogP contribution in [0.25, 0.3) is 5.69 Å². The zero-order valence-corrected chi connectivity index (χ0v) is 16.3. The summed E-state index contributed by atoms with van der Waals surface area (Å²) in [5.74, 6) is -0.223. The van der Waals surface area contributed by atoms with Gasteiger partial charge >= 0.3 is 0 Å². The molecule has 1 amide bonds. The SMILES string of the molecule is Cc1ncc(C(=O)N[C@H]2CCOC[C@@H]2O)cc1Cc1ccc(-n2cccn2)cc1. The second-order valence-electron chi connectivity index (χ2n) is 7.27. The fourth-order valence-corrected chi connectivity index (χ4v) is 3.43. The molecule has 1 aromatic carbocycles. The van der Waals surface area contributed by atoms with Crippen LogP contribution in [0.15, 0.2) is 55.0 Å². The molecule has 1 fully saturated rings. The van der Waals surface area contributed by atoms with E-state index >= 15 is 0 Å². The Morgan fingerprint density at radius 1 is 1.34 bits per heavy atom. The number of nitrogens with one attached hydrogen (secondary N) is 1. The van der Waals surface area contributed by atoms with Crippen molar-refractivity contribution in [3.63, 3.8) is 0 Å². The van der Waals surface area contributed by atoms with Crippen molar-refractivity contribution in [1.82, 2.24) is 20.1 Å². The van der Waals surface area contributed by atoms with Gasteiger partial charge in [-0.1, -0.05) is 12.1 Å². The molecular weight excluding hydrogens is 368 g/mol. The summed E-state index contributed by atoms with van der Waals surface area (Å²) in [5.41, 5.74) is 4.51. The number of aryl methyl sites for hydroxylation is 1. The van der Waals surface area contributed by atoms with Crippen LogP contribution in [0.3, 0.4) is 0 Å². The van der Waals surface area contributed by atoms with E-state index in [1.165, 1.54) is 0 Å². The summed E-state index contributed by atoms with van der Waals surface area (Å²) in [6.07, 6.45) is 5.83. The molecule has 0 radical (unpaired) electrons. The third kappa shape index (κ3) is 4.52. The number of rotatable bonds is 5. The lowest BCUT2D eigenvalue weighted by Gasteiger charge is -2.28. The van der Waals surface area contributed by atoms with Crippen molar-refractivity contribution >= 4 is 5.91 Å².